The lowest BCUT2D eigenvalue weighted by molar-refractivity contribution is -0.717. The van der Waals surface area contributed by atoms with Crippen molar-refractivity contribution in [3.05, 3.63) is 28.8 Å². The smallest absolute Gasteiger partial charge is 0.137 e. The van der Waals surface area contributed by atoms with Gasteiger partial charge in [0.05, 0.1) is 5.54 Å². The molecule has 0 radical (unpaired) electrons. The Balaban J connectivity index is 2.52. The summed E-state index contributed by atoms with van der Waals surface area (Å²) in [6.45, 7) is 14.8. The minimum absolute atomic E-state index is 0.279. The van der Waals surface area contributed by atoms with Crippen molar-refractivity contribution in [3.63, 3.8) is 0 Å². The van der Waals surface area contributed by atoms with Gasteiger partial charge in [-0.25, -0.2) is 0 Å². The largest absolute Gasteiger partial charge is 0.487 e. The van der Waals surface area contributed by atoms with E-state index in [1.54, 1.807) is 0 Å². The van der Waals surface area contributed by atoms with Crippen LogP contribution in [0.4, 0.5) is 0 Å². The van der Waals surface area contributed by atoms with Gasteiger partial charge in [0.1, 0.15) is 18.9 Å². The topological polar surface area (TPSA) is 25.8 Å². The quantitative estimate of drug-likeness (QED) is 0.798. The number of nitrogens with two attached hydrogens (primary N) is 1. The summed E-state index contributed by atoms with van der Waals surface area (Å²) in [6.07, 6.45) is 0. The minimum atomic E-state index is 0.279. The zero-order valence-electron chi connectivity index (χ0n) is 12.1. The number of hydrogen-bond donors (Lipinski definition) is 1. The van der Waals surface area contributed by atoms with Gasteiger partial charge in [0.15, 0.2) is 0 Å². The van der Waals surface area contributed by atoms with Gasteiger partial charge in [-0.1, -0.05) is 6.07 Å². The van der Waals surface area contributed by atoms with E-state index in [-0.39, 0.29) is 5.54 Å². The van der Waals surface area contributed by atoms with Gasteiger partial charge < -0.3 is 10.1 Å². The third-order valence-electron chi connectivity index (χ3n) is 2.90. The Morgan fingerprint density at radius 2 is 1.76 bits per heavy atom. The van der Waals surface area contributed by atoms with E-state index in [2.05, 4.69) is 59.0 Å². The van der Waals surface area contributed by atoms with Crippen LogP contribution in [0.2, 0.25) is 0 Å². The molecule has 17 heavy (non-hydrogen) atoms. The Morgan fingerprint density at radius 3 is 2.35 bits per heavy atom. The second-order valence-corrected chi connectivity index (χ2v) is 5.91. The first-order chi connectivity index (χ1) is 7.79. The molecule has 0 amide bonds. The molecule has 0 unspecified atom stereocenters. The molecule has 96 valence electrons. The van der Waals surface area contributed by atoms with Crippen molar-refractivity contribution in [2.75, 3.05) is 13.2 Å². The van der Waals surface area contributed by atoms with Gasteiger partial charge in [-0.2, -0.15) is 0 Å². The molecule has 2 N–H and O–H groups in total. The van der Waals surface area contributed by atoms with Crippen LogP contribution in [0, 0.1) is 20.8 Å². The van der Waals surface area contributed by atoms with Gasteiger partial charge in [-0.05, 0) is 64.3 Å². The van der Waals surface area contributed by atoms with Crippen LogP contribution in [0.25, 0.3) is 0 Å². The lowest BCUT2D eigenvalue weighted by Crippen LogP contribution is -2.95. The van der Waals surface area contributed by atoms with Crippen molar-refractivity contribution in [3.8, 4) is 5.75 Å². The highest BCUT2D eigenvalue weighted by Crippen LogP contribution is 2.22. The molecule has 1 aromatic rings. The average Bonchev–Trinajstić information content (AvgIpc) is 2.18. The lowest BCUT2D eigenvalue weighted by Gasteiger charge is -2.17. The van der Waals surface area contributed by atoms with Crippen molar-refractivity contribution in [1.29, 1.82) is 0 Å². The summed E-state index contributed by atoms with van der Waals surface area (Å²) in [5.41, 5.74) is 4.11. The first-order valence-corrected chi connectivity index (χ1v) is 6.34. The molecule has 2 heteroatoms. The molecule has 1 rings (SSSR count). The number of ether oxygens (including phenoxy) is 1. The molecule has 0 fully saturated rings. The molecular weight excluding hydrogens is 210 g/mol. The first-order valence-electron chi connectivity index (χ1n) is 6.34. The molecule has 2 nitrogen and oxygen atoms in total. The van der Waals surface area contributed by atoms with Crippen LogP contribution in [0.1, 0.15) is 37.5 Å². The second kappa shape index (κ2) is 5.54. The predicted octanol–water partition coefficient (Wildman–Crippen LogP) is 2.35. The summed E-state index contributed by atoms with van der Waals surface area (Å²) in [5.74, 6) is 1.03. The zero-order valence-corrected chi connectivity index (χ0v) is 12.1. The van der Waals surface area contributed by atoms with Gasteiger partial charge in [-0.15, -0.1) is 0 Å². The molecule has 0 aliphatic carbocycles. The van der Waals surface area contributed by atoms with E-state index in [0.717, 1.165) is 18.9 Å². The van der Waals surface area contributed by atoms with Gasteiger partial charge in [0, 0.05) is 0 Å². The highest BCUT2D eigenvalue weighted by molar-refractivity contribution is 5.41. The number of quaternary nitrogens is 1. The second-order valence-electron chi connectivity index (χ2n) is 5.91. The van der Waals surface area contributed by atoms with Crippen molar-refractivity contribution in [1.82, 2.24) is 0 Å². The van der Waals surface area contributed by atoms with Crippen molar-refractivity contribution < 1.29 is 10.1 Å². The van der Waals surface area contributed by atoms with Crippen molar-refractivity contribution in [2.24, 2.45) is 0 Å². The van der Waals surface area contributed by atoms with Crippen molar-refractivity contribution in [2.45, 2.75) is 47.1 Å². The van der Waals surface area contributed by atoms with Crippen LogP contribution in [-0.4, -0.2) is 18.7 Å². The number of hydrogen-bond acceptors (Lipinski definition) is 1. The van der Waals surface area contributed by atoms with Crippen LogP contribution in [0.3, 0.4) is 0 Å². The minimum Gasteiger partial charge on any atom is -0.487 e. The average molecular weight is 236 g/mol. The number of benzene rings is 1. The van der Waals surface area contributed by atoms with E-state index in [1.807, 2.05) is 0 Å². The Hall–Kier alpha value is -1.02. The van der Waals surface area contributed by atoms with E-state index in [4.69, 9.17) is 4.74 Å². The molecule has 0 aromatic heterocycles. The highest BCUT2D eigenvalue weighted by Gasteiger charge is 2.12. The van der Waals surface area contributed by atoms with E-state index in [1.165, 1.54) is 16.7 Å². The zero-order chi connectivity index (χ0) is 13.1. The fraction of sp³-hybridized carbons (Fsp3) is 0.600. The van der Waals surface area contributed by atoms with E-state index >= 15 is 0 Å². The number of aryl methyl sites for hydroxylation is 2. The van der Waals surface area contributed by atoms with E-state index in [0.29, 0.717) is 0 Å². The Labute approximate surface area is 105 Å². The molecule has 0 atom stereocenters. The molecule has 0 aliphatic heterocycles. The summed E-state index contributed by atoms with van der Waals surface area (Å²) < 4.78 is 5.86. The van der Waals surface area contributed by atoms with Crippen molar-refractivity contribution >= 4 is 0 Å². The summed E-state index contributed by atoms with van der Waals surface area (Å²) in [6, 6.07) is 4.32. The van der Waals surface area contributed by atoms with E-state index in [9.17, 15) is 0 Å². The fourth-order valence-electron chi connectivity index (χ4n) is 1.81. The van der Waals surface area contributed by atoms with Crippen LogP contribution < -0.4 is 10.1 Å². The molecular formula is C15H26NO+. The maximum Gasteiger partial charge on any atom is 0.137 e. The van der Waals surface area contributed by atoms with Gasteiger partial charge in [0.25, 0.3) is 0 Å². The van der Waals surface area contributed by atoms with Crippen LogP contribution in [-0.2, 0) is 0 Å². The normalized spacial score (nSPS) is 11.6. The highest BCUT2D eigenvalue weighted by atomic mass is 16.5. The van der Waals surface area contributed by atoms with Gasteiger partial charge >= 0.3 is 0 Å². The molecule has 0 spiro atoms. The molecule has 0 saturated heterocycles. The van der Waals surface area contributed by atoms with Crippen LogP contribution >= 0.6 is 0 Å². The summed E-state index contributed by atoms with van der Waals surface area (Å²) in [7, 11) is 0. The third kappa shape index (κ3) is 4.78. The third-order valence-corrected chi connectivity index (χ3v) is 2.90. The Morgan fingerprint density at radius 1 is 1.12 bits per heavy atom. The maximum absolute atomic E-state index is 5.86. The molecule has 1 aromatic carbocycles. The summed E-state index contributed by atoms with van der Waals surface area (Å²) in [4.78, 5) is 0. The molecule has 0 bridgehead atoms. The number of rotatable bonds is 4. The summed E-state index contributed by atoms with van der Waals surface area (Å²) >= 11 is 0. The Bertz CT molecular complexity index is 377. The van der Waals surface area contributed by atoms with E-state index < -0.39 is 0 Å². The van der Waals surface area contributed by atoms with Gasteiger partial charge in [0.2, 0.25) is 0 Å². The standard InChI is InChI=1S/C15H25NO/c1-11-9-12(2)13(3)14(10-11)17-8-7-16-15(4,5)6/h9-10,16H,7-8H2,1-6H3/p+1. The van der Waals surface area contributed by atoms with Crippen LogP contribution in [0.15, 0.2) is 12.1 Å². The molecule has 0 heterocycles. The monoisotopic (exact) mass is 236 g/mol. The van der Waals surface area contributed by atoms with Crippen LogP contribution in [0.5, 0.6) is 5.75 Å². The van der Waals surface area contributed by atoms with Gasteiger partial charge in [-0.3, -0.25) is 0 Å². The first kappa shape index (κ1) is 14.0. The lowest BCUT2D eigenvalue weighted by atomic mass is 10.1. The summed E-state index contributed by atoms with van der Waals surface area (Å²) in [5, 5.41) is 2.31. The predicted molar refractivity (Wildman–Crippen MR) is 72.7 cm³/mol. The maximum atomic E-state index is 5.86. The molecule has 0 aliphatic rings. The molecule has 0 saturated carbocycles. The fourth-order valence-corrected chi connectivity index (χ4v) is 1.81. The Kier molecular flexibility index (Phi) is 4.58. The SMILES string of the molecule is Cc1cc(C)c(C)c(OCC[NH2+]C(C)(C)C)c1.